The highest BCUT2D eigenvalue weighted by Gasteiger charge is 2.38. The summed E-state index contributed by atoms with van der Waals surface area (Å²) in [7, 11) is 1.72. The number of hydrogen-bond acceptors (Lipinski definition) is 3. The van der Waals surface area contributed by atoms with Gasteiger partial charge in [0.05, 0.1) is 7.11 Å². The number of anilines is 1. The number of fused-ring (bicyclic) bond motifs is 2. The second kappa shape index (κ2) is 8.93. The number of thiocarbonyl (C=S) groups is 1. The maximum Gasteiger partial charge on any atom is 0.170 e. The molecule has 2 aromatic carbocycles. The molecule has 2 fully saturated rings. The Kier molecular flexibility index (Phi) is 6.13. The van der Waals surface area contributed by atoms with E-state index in [2.05, 4.69) is 39.8 Å². The summed E-state index contributed by atoms with van der Waals surface area (Å²) >= 11 is 5.56. The van der Waals surface area contributed by atoms with Crippen LogP contribution >= 0.6 is 12.2 Å². The van der Waals surface area contributed by atoms with Crippen LogP contribution < -0.4 is 15.4 Å². The third-order valence-corrected chi connectivity index (χ3v) is 6.24. The van der Waals surface area contributed by atoms with Crippen molar-refractivity contribution in [2.24, 2.45) is 0 Å². The van der Waals surface area contributed by atoms with Crippen molar-refractivity contribution in [1.29, 1.82) is 0 Å². The van der Waals surface area contributed by atoms with Gasteiger partial charge in [-0.05, 0) is 67.7 Å². The van der Waals surface area contributed by atoms with E-state index >= 15 is 0 Å². The van der Waals surface area contributed by atoms with Crippen LogP contribution in [0.15, 0.2) is 54.6 Å². The molecule has 4 nitrogen and oxygen atoms in total. The number of nitrogens with zero attached hydrogens (tertiary/aromatic N) is 1. The van der Waals surface area contributed by atoms with Gasteiger partial charge in [-0.15, -0.1) is 0 Å². The summed E-state index contributed by atoms with van der Waals surface area (Å²) in [4.78, 5) is 2.72. The summed E-state index contributed by atoms with van der Waals surface area (Å²) < 4.78 is 5.29. The molecule has 2 atom stereocenters. The van der Waals surface area contributed by atoms with E-state index in [9.17, 15) is 0 Å². The van der Waals surface area contributed by atoms with Crippen molar-refractivity contribution < 1.29 is 4.74 Å². The van der Waals surface area contributed by atoms with Gasteiger partial charge < -0.3 is 15.4 Å². The van der Waals surface area contributed by atoms with Crippen LogP contribution in [0.25, 0.3) is 0 Å². The average Bonchev–Trinajstić information content (AvgIpc) is 2.70. The Bertz CT molecular complexity index is 766. The second-order valence-corrected chi connectivity index (χ2v) is 8.30. The number of para-hydroxylation sites is 1. The molecule has 4 rings (SSSR count). The maximum atomic E-state index is 5.56. The summed E-state index contributed by atoms with van der Waals surface area (Å²) in [5.41, 5.74) is 2.41. The lowest BCUT2D eigenvalue weighted by molar-refractivity contribution is 0.0211. The normalized spacial score (nSPS) is 24.4. The predicted molar refractivity (Wildman–Crippen MR) is 119 cm³/mol. The fraction of sp³-hybridized carbons (Fsp3) is 0.435. The molecule has 2 saturated heterocycles. The van der Waals surface area contributed by atoms with Gasteiger partial charge in [0.15, 0.2) is 5.11 Å². The highest BCUT2D eigenvalue weighted by molar-refractivity contribution is 7.80. The Morgan fingerprint density at radius 1 is 1.04 bits per heavy atom. The van der Waals surface area contributed by atoms with Crippen molar-refractivity contribution in [1.82, 2.24) is 10.2 Å². The van der Waals surface area contributed by atoms with Crippen LogP contribution in [-0.4, -0.2) is 35.2 Å². The average molecular weight is 396 g/mol. The molecule has 0 radical (unpaired) electrons. The zero-order valence-electron chi connectivity index (χ0n) is 16.4. The molecule has 0 spiro atoms. The number of benzene rings is 2. The minimum absolute atomic E-state index is 0.450. The first-order valence-corrected chi connectivity index (χ1v) is 10.6. The Morgan fingerprint density at radius 3 is 2.36 bits per heavy atom. The van der Waals surface area contributed by atoms with Gasteiger partial charge >= 0.3 is 0 Å². The summed E-state index contributed by atoms with van der Waals surface area (Å²) in [5, 5.41) is 7.62. The molecule has 0 saturated carbocycles. The van der Waals surface area contributed by atoms with E-state index in [1.54, 1.807) is 7.11 Å². The van der Waals surface area contributed by atoms with Gasteiger partial charge in [-0.2, -0.15) is 0 Å². The maximum absolute atomic E-state index is 5.56. The molecule has 2 aliphatic rings. The Hall–Kier alpha value is -2.11. The number of nitrogens with one attached hydrogen (secondary N) is 2. The topological polar surface area (TPSA) is 36.5 Å². The quantitative estimate of drug-likeness (QED) is 0.726. The van der Waals surface area contributed by atoms with E-state index in [-0.39, 0.29) is 0 Å². The van der Waals surface area contributed by atoms with E-state index in [0.29, 0.717) is 18.1 Å². The van der Waals surface area contributed by atoms with Gasteiger partial charge in [-0.25, -0.2) is 0 Å². The number of hydrogen-bond donors (Lipinski definition) is 2. The molecule has 2 aliphatic heterocycles. The minimum Gasteiger partial charge on any atom is -0.497 e. The van der Waals surface area contributed by atoms with Gasteiger partial charge in [0, 0.05) is 30.4 Å². The van der Waals surface area contributed by atoms with Crippen LogP contribution in [0.5, 0.6) is 5.75 Å². The Balaban J connectivity index is 1.35. The molecule has 2 bridgehead atoms. The van der Waals surface area contributed by atoms with Gasteiger partial charge in [0.2, 0.25) is 0 Å². The van der Waals surface area contributed by atoms with Gasteiger partial charge in [-0.3, -0.25) is 4.90 Å². The number of piperidine rings is 2. The summed E-state index contributed by atoms with van der Waals surface area (Å²) in [6.45, 7) is 1.03. The molecule has 0 aromatic heterocycles. The molecular weight excluding hydrogens is 366 g/mol. The van der Waals surface area contributed by atoms with Crippen molar-refractivity contribution in [2.45, 2.75) is 56.8 Å². The lowest BCUT2D eigenvalue weighted by Gasteiger charge is -2.49. The highest BCUT2D eigenvalue weighted by atomic mass is 32.1. The molecule has 0 aliphatic carbocycles. The highest BCUT2D eigenvalue weighted by Crippen LogP contribution is 2.35. The minimum atomic E-state index is 0.450. The second-order valence-electron chi connectivity index (χ2n) is 7.89. The molecular formula is C23H29N3OS. The van der Waals surface area contributed by atoms with Crippen LogP contribution in [-0.2, 0) is 6.54 Å². The van der Waals surface area contributed by atoms with Crippen molar-refractivity contribution in [3.63, 3.8) is 0 Å². The van der Waals surface area contributed by atoms with E-state index in [1.165, 1.54) is 24.8 Å². The van der Waals surface area contributed by atoms with Crippen LogP contribution in [0.4, 0.5) is 5.69 Å². The van der Waals surface area contributed by atoms with Crippen LogP contribution in [0.1, 0.15) is 37.7 Å². The molecule has 2 unspecified atom stereocenters. The summed E-state index contributed by atoms with van der Waals surface area (Å²) in [6.07, 6.45) is 6.22. The fourth-order valence-corrected chi connectivity index (χ4v) is 4.95. The van der Waals surface area contributed by atoms with E-state index < -0.39 is 0 Å². The van der Waals surface area contributed by atoms with E-state index in [1.807, 2.05) is 30.3 Å². The molecule has 2 aromatic rings. The van der Waals surface area contributed by atoms with Crippen molar-refractivity contribution in [3.8, 4) is 5.75 Å². The lowest BCUT2D eigenvalue weighted by atomic mass is 9.81. The zero-order valence-corrected chi connectivity index (χ0v) is 17.3. The fourth-order valence-electron chi connectivity index (χ4n) is 4.67. The predicted octanol–water partition coefficient (Wildman–Crippen LogP) is 4.57. The zero-order chi connectivity index (χ0) is 19.3. The smallest absolute Gasteiger partial charge is 0.170 e. The van der Waals surface area contributed by atoms with Crippen molar-refractivity contribution in [3.05, 3.63) is 60.2 Å². The van der Waals surface area contributed by atoms with Crippen LogP contribution in [0.3, 0.4) is 0 Å². The van der Waals surface area contributed by atoms with Gasteiger partial charge in [-0.1, -0.05) is 36.8 Å². The van der Waals surface area contributed by atoms with Gasteiger partial charge in [0.1, 0.15) is 5.75 Å². The molecule has 28 heavy (non-hydrogen) atoms. The number of ether oxygens (including phenoxy) is 1. The summed E-state index contributed by atoms with van der Waals surface area (Å²) in [6, 6.07) is 20.4. The molecule has 2 N–H and O–H groups in total. The lowest BCUT2D eigenvalue weighted by Crippen LogP contribution is -2.56. The standard InChI is InChI=1S/C23H29N3OS/c1-27-22-12-10-17(11-13-22)16-26-20-8-5-9-21(26)15-19(14-20)25-23(28)24-18-6-3-2-4-7-18/h2-4,6-7,10-13,19-21H,5,8-9,14-16H2,1H3,(H2,24,25,28). The van der Waals surface area contributed by atoms with E-state index in [0.717, 1.165) is 35.9 Å². The SMILES string of the molecule is COc1ccc(CN2C3CCCC2CC(NC(=S)Nc2ccccc2)C3)cc1. The van der Waals surface area contributed by atoms with Crippen LogP contribution in [0.2, 0.25) is 0 Å². The largest absolute Gasteiger partial charge is 0.497 e. The third-order valence-electron chi connectivity index (χ3n) is 6.02. The van der Waals surface area contributed by atoms with Crippen molar-refractivity contribution in [2.75, 3.05) is 12.4 Å². The first-order chi connectivity index (χ1) is 13.7. The van der Waals surface area contributed by atoms with Gasteiger partial charge in [0.25, 0.3) is 0 Å². The van der Waals surface area contributed by atoms with Crippen molar-refractivity contribution >= 4 is 23.0 Å². The monoisotopic (exact) mass is 395 g/mol. The first-order valence-electron chi connectivity index (χ1n) is 10.2. The third kappa shape index (κ3) is 4.65. The first kappa shape index (κ1) is 19.2. The number of methoxy groups -OCH3 is 1. The molecule has 148 valence electrons. The molecule has 2 heterocycles. The van der Waals surface area contributed by atoms with E-state index in [4.69, 9.17) is 17.0 Å². The van der Waals surface area contributed by atoms with Crippen LogP contribution in [0, 0.1) is 0 Å². The Labute approximate surface area is 173 Å². The molecule has 0 amide bonds. The number of rotatable bonds is 5. The molecule has 5 heteroatoms. The Morgan fingerprint density at radius 2 is 1.71 bits per heavy atom. The summed E-state index contributed by atoms with van der Waals surface area (Å²) in [5.74, 6) is 0.922.